The van der Waals surface area contributed by atoms with Gasteiger partial charge in [-0.1, -0.05) is 6.08 Å². The first kappa shape index (κ1) is 12.1. The number of carbonyl (C=O) groups is 1. The number of allylic oxidation sites excluding steroid dienone is 6. The van der Waals surface area contributed by atoms with Crippen LogP contribution in [0.5, 0.6) is 0 Å². The van der Waals surface area contributed by atoms with Crippen LogP contribution in [0.2, 0.25) is 0 Å². The third kappa shape index (κ3) is 2.57. The van der Waals surface area contributed by atoms with Gasteiger partial charge in [-0.15, -0.1) is 0 Å². The van der Waals surface area contributed by atoms with Crippen molar-refractivity contribution in [1.82, 2.24) is 5.32 Å². The van der Waals surface area contributed by atoms with Crippen LogP contribution in [-0.4, -0.2) is 19.1 Å². The van der Waals surface area contributed by atoms with Crippen LogP contribution in [0.3, 0.4) is 0 Å². The van der Waals surface area contributed by atoms with Crippen molar-refractivity contribution in [2.45, 2.75) is 25.7 Å². The van der Waals surface area contributed by atoms with E-state index in [2.05, 4.69) is 11.4 Å². The molecule has 0 aromatic carbocycles. The number of carbonyl (C=O) groups excluding carboxylic acids is 1. The number of hydrogen-bond donors (Lipinski definition) is 1. The zero-order valence-electron chi connectivity index (χ0n) is 10.8. The SMILES string of the molecule is O=C1CCC2=C1/C=C/C1=C(/C=C/CCCN2)OCO1. The van der Waals surface area contributed by atoms with Gasteiger partial charge in [-0.25, -0.2) is 0 Å². The number of nitrogens with one attached hydrogen (secondary N) is 1. The molecular weight excluding hydrogens is 242 g/mol. The normalized spacial score (nSPS) is 26.4. The number of Topliss-reactive ketones (excluding diaryl/α,β-unsaturated/α-hetero) is 1. The van der Waals surface area contributed by atoms with E-state index < -0.39 is 0 Å². The van der Waals surface area contributed by atoms with Gasteiger partial charge in [0.05, 0.1) is 0 Å². The molecule has 0 aromatic rings. The number of hydrogen-bond acceptors (Lipinski definition) is 4. The second-order valence-electron chi connectivity index (χ2n) is 4.76. The first-order valence-electron chi connectivity index (χ1n) is 6.69. The van der Waals surface area contributed by atoms with E-state index in [0.717, 1.165) is 42.8 Å². The highest BCUT2D eigenvalue weighted by atomic mass is 16.7. The average molecular weight is 259 g/mol. The lowest BCUT2D eigenvalue weighted by Crippen LogP contribution is -2.14. The van der Waals surface area contributed by atoms with Gasteiger partial charge in [0.15, 0.2) is 17.3 Å². The van der Waals surface area contributed by atoms with Crippen molar-refractivity contribution in [1.29, 1.82) is 0 Å². The van der Waals surface area contributed by atoms with Crippen molar-refractivity contribution in [2.24, 2.45) is 0 Å². The lowest BCUT2D eigenvalue weighted by Gasteiger charge is -2.07. The van der Waals surface area contributed by atoms with Crippen LogP contribution in [0.1, 0.15) is 25.7 Å². The minimum Gasteiger partial charge on any atom is -0.454 e. The van der Waals surface area contributed by atoms with Crippen LogP contribution in [0.25, 0.3) is 0 Å². The molecule has 2 heterocycles. The fraction of sp³-hybridized carbons (Fsp3) is 0.400. The van der Waals surface area contributed by atoms with E-state index in [9.17, 15) is 4.79 Å². The summed E-state index contributed by atoms with van der Waals surface area (Å²) in [6.45, 7) is 1.14. The minimum atomic E-state index is 0.201. The molecule has 2 aliphatic heterocycles. The maximum absolute atomic E-state index is 11.9. The Morgan fingerprint density at radius 1 is 1.05 bits per heavy atom. The highest BCUT2D eigenvalue weighted by Gasteiger charge is 2.21. The average Bonchev–Trinajstić information content (AvgIpc) is 2.97. The molecule has 0 unspecified atom stereocenters. The Bertz CT molecular complexity index is 511. The molecule has 0 spiro atoms. The topological polar surface area (TPSA) is 47.6 Å². The largest absolute Gasteiger partial charge is 0.454 e. The summed E-state index contributed by atoms with van der Waals surface area (Å²) >= 11 is 0. The van der Waals surface area contributed by atoms with E-state index in [4.69, 9.17) is 9.47 Å². The van der Waals surface area contributed by atoms with E-state index in [1.807, 2.05) is 18.2 Å². The summed E-state index contributed by atoms with van der Waals surface area (Å²) in [5, 5.41) is 3.38. The third-order valence-corrected chi connectivity index (χ3v) is 3.46. The van der Waals surface area contributed by atoms with E-state index in [0.29, 0.717) is 12.2 Å². The number of ether oxygens (including phenoxy) is 2. The molecule has 19 heavy (non-hydrogen) atoms. The molecule has 0 bridgehead atoms. The number of rotatable bonds is 0. The molecule has 4 heteroatoms. The third-order valence-electron chi connectivity index (χ3n) is 3.46. The predicted octanol–water partition coefficient (Wildman–Crippen LogP) is 2.32. The Balaban J connectivity index is 1.93. The van der Waals surface area contributed by atoms with Gasteiger partial charge in [0.2, 0.25) is 6.79 Å². The lowest BCUT2D eigenvalue weighted by atomic mass is 10.1. The van der Waals surface area contributed by atoms with Gasteiger partial charge in [0.25, 0.3) is 0 Å². The number of ketones is 1. The minimum absolute atomic E-state index is 0.201. The van der Waals surface area contributed by atoms with Gasteiger partial charge >= 0.3 is 0 Å². The maximum Gasteiger partial charge on any atom is 0.231 e. The smallest absolute Gasteiger partial charge is 0.231 e. The second-order valence-corrected chi connectivity index (χ2v) is 4.76. The van der Waals surface area contributed by atoms with Crippen LogP contribution < -0.4 is 5.32 Å². The molecular formula is C15H17NO3. The molecule has 0 saturated heterocycles. The van der Waals surface area contributed by atoms with E-state index in [-0.39, 0.29) is 12.6 Å². The molecule has 0 saturated carbocycles. The van der Waals surface area contributed by atoms with Crippen molar-refractivity contribution in [3.05, 3.63) is 47.1 Å². The molecule has 0 radical (unpaired) electrons. The Kier molecular flexibility index (Phi) is 3.40. The van der Waals surface area contributed by atoms with Gasteiger partial charge in [-0.2, -0.15) is 0 Å². The molecule has 1 aliphatic carbocycles. The summed E-state index contributed by atoms with van der Waals surface area (Å²) in [6, 6.07) is 0. The monoisotopic (exact) mass is 259 g/mol. The molecule has 0 amide bonds. The molecule has 3 aliphatic rings. The highest BCUT2D eigenvalue weighted by Crippen LogP contribution is 2.25. The molecule has 0 aromatic heterocycles. The second kappa shape index (κ2) is 5.34. The van der Waals surface area contributed by atoms with Gasteiger partial charge in [0, 0.05) is 24.2 Å². The Hall–Kier alpha value is -1.97. The van der Waals surface area contributed by atoms with Crippen molar-refractivity contribution >= 4 is 5.78 Å². The van der Waals surface area contributed by atoms with Crippen LogP contribution in [0.4, 0.5) is 0 Å². The van der Waals surface area contributed by atoms with Crippen LogP contribution in [0.15, 0.2) is 47.1 Å². The first-order valence-corrected chi connectivity index (χ1v) is 6.69. The van der Waals surface area contributed by atoms with Gasteiger partial charge < -0.3 is 14.8 Å². The molecule has 1 N–H and O–H groups in total. The first-order chi connectivity index (χ1) is 9.34. The Morgan fingerprint density at radius 2 is 1.89 bits per heavy atom. The van der Waals surface area contributed by atoms with Crippen molar-refractivity contribution in [2.75, 3.05) is 13.3 Å². The lowest BCUT2D eigenvalue weighted by molar-refractivity contribution is -0.114. The zero-order chi connectivity index (χ0) is 13.1. The fourth-order valence-electron chi connectivity index (χ4n) is 2.42. The summed E-state index contributed by atoms with van der Waals surface area (Å²) in [7, 11) is 0. The maximum atomic E-state index is 11.9. The van der Waals surface area contributed by atoms with E-state index >= 15 is 0 Å². The van der Waals surface area contributed by atoms with Crippen molar-refractivity contribution in [3.63, 3.8) is 0 Å². The molecule has 0 fully saturated rings. The van der Waals surface area contributed by atoms with Gasteiger partial charge in [-0.3, -0.25) is 4.79 Å². The molecule has 0 atom stereocenters. The van der Waals surface area contributed by atoms with Crippen LogP contribution >= 0.6 is 0 Å². The Labute approximate surface area is 112 Å². The van der Waals surface area contributed by atoms with Gasteiger partial charge in [-0.05, 0) is 37.5 Å². The summed E-state index contributed by atoms with van der Waals surface area (Å²) in [5.74, 6) is 1.65. The van der Waals surface area contributed by atoms with E-state index in [1.165, 1.54) is 0 Å². The van der Waals surface area contributed by atoms with Crippen LogP contribution in [-0.2, 0) is 14.3 Å². The molecule has 100 valence electrons. The van der Waals surface area contributed by atoms with E-state index in [1.54, 1.807) is 0 Å². The quantitative estimate of drug-likeness (QED) is 0.725. The fourth-order valence-corrected chi connectivity index (χ4v) is 2.42. The zero-order valence-corrected chi connectivity index (χ0v) is 10.8. The van der Waals surface area contributed by atoms with Gasteiger partial charge in [0.1, 0.15) is 0 Å². The summed E-state index contributed by atoms with van der Waals surface area (Å²) in [6.07, 6.45) is 11.1. The van der Waals surface area contributed by atoms with Crippen LogP contribution in [0, 0.1) is 0 Å². The predicted molar refractivity (Wildman–Crippen MR) is 70.8 cm³/mol. The van der Waals surface area contributed by atoms with Crippen molar-refractivity contribution in [3.8, 4) is 0 Å². The van der Waals surface area contributed by atoms with Crippen molar-refractivity contribution < 1.29 is 14.3 Å². The standard InChI is InChI=1S/C15H17NO3/c17-13-7-6-12-11(13)5-8-15-14(18-10-19-15)4-2-1-3-9-16-12/h2,4-5,8,16H,1,3,6-7,9-10H2/b4-2+,8-5+. The summed E-state index contributed by atoms with van der Waals surface area (Å²) in [5.41, 5.74) is 1.85. The highest BCUT2D eigenvalue weighted by molar-refractivity contribution is 6.01. The Morgan fingerprint density at radius 3 is 2.79 bits per heavy atom. The molecule has 3 rings (SSSR count). The summed E-state index contributed by atoms with van der Waals surface area (Å²) < 4.78 is 10.8. The molecule has 4 nitrogen and oxygen atoms in total. The summed E-state index contributed by atoms with van der Waals surface area (Å²) in [4.78, 5) is 11.9.